The Bertz CT molecular complexity index is 806. The van der Waals surface area contributed by atoms with Gasteiger partial charge in [-0.25, -0.2) is 0 Å². The summed E-state index contributed by atoms with van der Waals surface area (Å²) in [4.78, 5) is 17.4. The van der Waals surface area contributed by atoms with E-state index in [1.807, 2.05) is 18.7 Å². The molecule has 2 aromatic carbocycles. The highest BCUT2D eigenvalue weighted by Crippen LogP contribution is 2.35. The standard InChI is InChI=1S/C26H36N2O2/c1-20(2)26(29)28(14-15-30-4)18-23-17-27(16-22-11-6-5-7-12-22)19-25(23)24-13-9-8-10-21(24)3/h5-13,20,23,25H,14-19H2,1-4H3. The highest BCUT2D eigenvalue weighted by Gasteiger charge is 2.36. The molecule has 3 rings (SSSR count). The monoisotopic (exact) mass is 408 g/mol. The molecule has 4 nitrogen and oxygen atoms in total. The lowest BCUT2D eigenvalue weighted by atomic mass is 9.86. The van der Waals surface area contributed by atoms with Crippen LogP contribution in [0.2, 0.25) is 0 Å². The number of nitrogens with zero attached hydrogens (tertiary/aromatic N) is 2. The van der Waals surface area contributed by atoms with Gasteiger partial charge in [-0.15, -0.1) is 0 Å². The summed E-state index contributed by atoms with van der Waals surface area (Å²) in [5, 5.41) is 0. The summed E-state index contributed by atoms with van der Waals surface area (Å²) in [5.74, 6) is 1.06. The quantitative estimate of drug-likeness (QED) is 0.619. The smallest absolute Gasteiger partial charge is 0.225 e. The van der Waals surface area contributed by atoms with E-state index in [2.05, 4.69) is 66.4 Å². The number of carbonyl (C=O) groups excluding carboxylic acids is 1. The van der Waals surface area contributed by atoms with Crippen LogP contribution in [-0.2, 0) is 16.1 Å². The summed E-state index contributed by atoms with van der Waals surface area (Å²) >= 11 is 0. The third kappa shape index (κ3) is 5.71. The number of hydrogen-bond donors (Lipinski definition) is 0. The molecule has 2 aromatic rings. The first-order chi connectivity index (χ1) is 14.5. The largest absolute Gasteiger partial charge is 0.383 e. The average molecular weight is 409 g/mol. The zero-order valence-electron chi connectivity index (χ0n) is 18.9. The number of carbonyl (C=O) groups is 1. The number of ether oxygens (including phenoxy) is 1. The Labute approximate surface area is 181 Å². The Morgan fingerprint density at radius 2 is 1.80 bits per heavy atom. The maximum atomic E-state index is 12.9. The van der Waals surface area contributed by atoms with Crippen molar-refractivity contribution in [1.29, 1.82) is 0 Å². The lowest BCUT2D eigenvalue weighted by Crippen LogP contribution is -2.41. The summed E-state index contributed by atoms with van der Waals surface area (Å²) < 4.78 is 5.29. The van der Waals surface area contributed by atoms with Crippen LogP contribution in [0.1, 0.15) is 36.5 Å². The molecule has 0 bridgehead atoms. The van der Waals surface area contributed by atoms with Crippen LogP contribution < -0.4 is 0 Å². The number of aryl methyl sites for hydroxylation is 1. The van der Waals surface area contributed by atoms with Crippen molar-refractivity contribution in [3.63, 3.8) is 0 Å². The highest BCUT2D eigenvalue weighted by molar-refractivity contribution is 5.78. The van der Waals surface area contributed by atoms with Crippen LogP contribution in [0.4, 0.5) is 0 Å². The molecule has 0 aromatic heterocycles. The molecule has 0 N–H and O–H groups in total. The number of hydrogen-bond acceptors (Lipinski definition) is 3. The molecule has 1 aliphatic rings. The third-order valence-corrected chi connectivity index (χ3v) is 6.18. The molecule has 0 radical (unpaired) electrons. The number of amides is 1. The molecule has 2 atom stereocenters. The first-order valence-corrected chi connectivity index (χ1v) is 11.1. The van der Waals surface area contributed by atoms with E-state index in [-0.39, 0.29) is 11.8 Å². The van der Waals surface area contributed by atoms with Gasteiger partial charge in [0.2, 0.25) is 5.91 Å². The first-order valence-electron chi connectivity index (χ1n) is 11.1. The first kappa shape index (κ1) is 22.5. The molecule has 1 saturated heterocycles. The van der Waals surface area contributed by atoms with Crippen LogP contribution in [0.15, 0.2) is 54.6 Å². The predicted octanol–water partition coefficient (Wildman–Crippen LogP) is 4.34. The van der Waals surface area contributed by atoms with Crippen molar-refractivity contribution in [3.8, 4) is 0 Å². The van der Waals surface area contributed by atoms with Crippen LogP contribution in [0, 0.1) is 18.8 Å². The minimum atomic E-state index is 0.000549. The molecule has 162 valence electrons. The van der Waals surface area contributed by atoms with Crippen molar-refractivity contribution in [1.82, 2.24) is 9.80 Å². The van der Waals surface area contributed by atoms with Gasteiger partial charge in [-0.1, -0.05) is 68.4 Å². The summed E-state index contributed by atoms with van der Waals surface area (Å²) in [5.41, 5.74) is 4.10. The molecule has 1 aliphatic heterocycles. The van der Waals surface area contributed by atoms with Crippen molar-refractivity contribution >= 4 is 5.91 Å². The molecule has 0 aliphatic carbocycles. The molecular formula is C26H36N2O2. The molecule has 1 fully saturated rings. The topological polar surface area (TPSA) is 32.8 Å². The van der Waals surface area contributed by atoms with E-state index < -0.39 is 0 Å². The second-order valence-electron chi connectivity index (χ2n) is 8.83. The predicted molar refractivity (Wildman–Crippen MR) is 122 cm³/mol. The molecule has 2 unspecified atom stereocenters. The van der Waals surface area contributed by atoms with Crippen molar-refractivity contribution < 1.29 is 9.53 Å². The Morgan fingerprint density at radius 1 is 1.10 bits per heavy atom. The minimum absolute atomic E-state index is 0.000549. The van der Waals surface area contributed by atoms with Crippen LogP contribution >= 0.6 is 0 Å². The van der Waals surface area contributed by atoms with E-state index in [1.165, 1.54) is 16.7 Å². The zero-order chi connectivity index (χ0) is 21.5. The molecule has 1 amide bonds. The lowest BCUT2D eigenvalue weighted by Gasteiger charge is -2.30. The Kier molecular flexibility index (Phi) is 8.06. The second-order valence-corrected chi connectivity index (χ2v) is 8.83. The molecule has 1 heterocycles. The van der Waals surface area contributed by atoms with Crippen molar-refractivity contribution in [2.45, 2.75) is 33.2 Å². The van der Waals surface area contributed by atoms with Gasteiger partial charge < -0.3 is 9.64 Å². The van der Waals surface area contributed by atoms with E-state index in [0.717, 1.165) is 26.2 Å². The molecular weight excluding hydrogens is 372 g/mol. The van der Waals surface area contributed by atoms with Crippen LogP contribution in [0.25, 0.3) is 0 Å². The zero-order valence-corrected chi connectivity index (χ0v) is 18.9. The van der Waals surface area contributed by atoms with E-state index in [0.29, 0.717) is 25.0 Å². The van der Waals surface area contributed by atoms with Gasteiger partial charge in [-0.2, -0.15) is 0 Å². The molecule has 0 saturated carbocycles. The Balaban J connectivity index is 1.81. The number of rotatable bonds is 9. The van der Waals surface area contributed by atoms with Crippen molar-refractivity contribution in [3.05, 3.63) is 71.3 Å². The number of likely N-dealkylation sites (tertiary alicyclic amines) is 1. The summed E-state index contributed by atoms with van der Waals surface area (Å²) in [6, 6.07) is 19.4. The van der Waals surface area contributed by atoms with Gasteiger partial charge in [0.25, 0.3) is 0 Å². The fourth-order valence-corrected chi connectivity index (χ4v) is 4.61. The van der Waals surface area contributed by atoms with Gasteiger partial charge in [0.05, 0.1) is 6.61 Å². The fraction of sp³-hybridized carbons (Fsp3) is 0.500. The summed E-state index contributed by atoms with van der Waals surface area (Å²) in [6.45, 7) is 11.2. The number of methoxy groups -OCH3 is 1. The van der Waals surface area contributed by atoms with Gasteiger partial charge in [0.15, 0.2) is 0 Å². The minimum Gasteiger partial charge on any atom is -0.383 e. The van der Waals surface area contributed by atoms with E-state index in [4.69, 9.17) is 4.74 Å². The molecule has 4 heteroatoms. The van der Waals surface area contributed by atoms with E-state index in [9.17, 15) is 4.79 Å². The fourth-order valence-electron chi connectivity index (χ4n) is 4.61. The Morgan fingerprint density at radius 3 is 2.47 bits per heavy atom. The average Bonchev–Trinajstić information content (AvgIpc) is 3.13. The SMILES string of the molecule is COCCN(CC1CN(Cc2ccccc2)CC1c1ccccc1C)C(=O)C(C)C. The summed E-state index contributed by atoms with van der Waals surface area (Å²) in [6.07, 6.45) is 0. The van der Waals surface area contributed by atoms with Crippen molar-refractivity contribution in [2.24, 2.45) is 11.8 Å². The van der Waals surface area contributed by atoms with Gasteiger partial charge in [-0.05, 0) is 29.5 Å². The van der Waals surface area contributed by atoms with Gasteiger partial charge in [-0.3, -0.25) is 9.69 Å². The highest BCUT2D eigenvalue weighted by atomic mass is 16.5. The molecule has 0 spiro atoms. The van der Waals surface area contributed by atoms with E-state index >= 15 is 0 Å². The number of benzene rings is 2. The van der Waals surface area contributed by atoms with Crippen molar-refractivity contribution in [2.75, 3.05) is 39.9 Å². The van der Waals surface area contributed by atoms with Gasteiger partial charge >= 0.3 is 0 Å². The third-order valence-electron chi connectivity index (χ3n) is 6.18. The Hall–Kier alpha value is -2.17. The van der Waals surface area contributed by atoms with E-state index in [1.54, 1.807) is 7.11 Å². The second kappa shape index (κ2) is 10.7. The van der Waals surface area contributed by atoms with Crippen LogP contribution in [-0.4, -0.2) is 55.6 Å². The maximum absolute atomic E-state index is 12.9. The normalized spacial score (nSPS) is 19.4. The van der Waals surface area contributed by atoms with Crippen LogP contribution in [0.3, 0.4) is 0 Å². The van der Waals surface area contributed by atoms with Crippen LogP contribution in [0.5, 0.6) is 0 Å². The summed E-state index contributed by atoms with van der Waals surface area (Å²) in [7, 11) is 1.70. The van der Waals surface area contributed by atoms with Gasteiger partial charge in [0.1, 0.15) is 0 Å². The maximum Gasteiger partial charge on any atom is 0.225 e. The molecule has 30 heavy (non-hydrogen) atoms. The van der Waals surface area contributed by atoms with Gasteiger partial charge in [0, 0.05) is 51.7 Å². The lowest BCUT2D eigenvalue weighted by molar-refractivity contribution is -0.135.